The fourth-order valence-corrected chi connectivity index (χ4v) is 6.62. The van der Waals surface area contributed by atoms with Crippen LogP contribution in [0.25, 0.3) is 5.76 Å². The van der Waals surface area contributed by atoms with Gasteiger partial charge in [-0.1, -0.05) is 45.9 Å². The Morgan fingerprint density at radius 1 is 0.940 bits per heavy atom. The molecule has 1 aliphatic carbocycles. The summed E-state index contributed by atoms with van der Waals surface area (Å²) in [5, 5.41) is 36.0. The van der Waals surface area contributed by atoms with E-state index < -0.39 is 94.6 Å². The Morgan fingerprint density at radius 3 is 2.22 bits per heavy atom. The zero-order valence-corrected chi connectivity index (χ0v) is 29.6. The Kier molecular flexibility index (Phi) is 11.2. The number of carbonyl (C=O) groups is 5. The normalized spacial score (nSPS) is 34.7. The van der Waals surface area contributed by atoms with E-state index in [0.29, 0.717) is 5.56 Å². The number of allylic oxidation sites excluding steroid dienone is 3. The first-order valence-corrected chi connectivity index (χ1v) is 16.4. The lowest BCUT2D eigenvalue weighted by atomic mass is 9.78. The summed E-state index contributed by atoms with van der Waals surface area (Å²) in [6.45, 7) is 12.5. The van der Waals surface area contributed by atoms with Crippen molar-refractivity contribution in [2.45, 2.75) is 85.6 Å². The molecule has 0 fully saturated rings. The summed E-state index contributed by atoms with van der Waals surface area (Å²) in [6.07, 6.45) is 3.38. The molecule has 0 radical (unpaired) electrons. The average Bonchev–Trinajstić information content (AvgIpc) is 3.34. The van der Waals surface area contributed by atoms with Gasteiger partial charge in [-0.2, -0.15) is 0 Å². The molecule has 50 heavy (non-hydrogen) atoms. The molecule has 1 aromatic rings. The van der Waals surface area contributed by atoms with Gasteiger partial charge in [0.05, 0.1) is 35.7 Å². The Hall–Kier alpha value is -4.59. The number of hydrogen-bond acceptors (Lipinski definition) is 12. The molecule has 4 N–H and O–H groups in total. The van der Waals surface area contributed by atoms with Crippen LogP contribution in [0.15, 0.2) is 47.9 Å². The lowest BCUT2D eigenvalue weighted by molar-refractivity contribution is -0.160. The largest absolute Gasteiger partial charge is 0.505 e. The van der Waals surface area contributed by atoms with Gasteiger partial charge in [-0.15, -0.1) is 0 Å². The van der Waals surface area contributed by atoms with E-state index in [9.17, 15) is 39.3 Å². The van der Waals surface area contributed by atoms with Crippen molar-refractivity contribution in [2.75, 3.05) is 7.11 Å². The van der Waals surface area contributed by atoms with Crippen LogP contribution in [0.1, 0.15) is 80.3 Å². The van der Waals surface area contributed by atoms with Crippen LogP contribution in [0.5, 0.6) is 5.75 Å². The molecule has 5 bridgehead atoms. The van der Waals surface area contributed by atoms with Crippen molar-refractivity contribution in [2.24, 2.45) is 23.7 Å². The number of benzene rings is 1. The second-order valence-corrected chi connectivity index (χ2v) is 13.4. The van der Waals surface area contributed by atoms with Crippen molar-refractivity contribution < 1.29 is 58.2 Å². The Bertz CT molecular complexity index is 1720. The fourth-order valence-electron chi connectivity index (χ4n) is 6.62. The summed E-state index contributed by atoms with van der Waals surface area (Å²) in [5.74, 6) is -9.68. The van der Waals surface area contributed by atoms with Crippen molar-refractivity contribution in [1.29, 1.82) is 0 Å². The molecule has 5 rings (SSSR count). The van der Waals surface area contributed by atoms with Crippen LogP contribution in [0.3, 0.4) is 0 Å². The number of Topliss-reactive ketones (excluding diaryl/α,β-unsaturated/α-hetero) is 3. The predicted molar refractivity (Wildman–Crippen MR) is 180 cm³/mol. The average molecular weight is 696 g/mol. The fraction of sp³-hybridized carbons (Fsp3) is 0.486. The molecule has 13 heteroatoms. The van der Waals surface area contributed by atoms with Gasteiger partial charge in [-0.3, -0.25) is 24.0 Å². The van der Waals surface area contributed by atoms with Gasteiger partial charge in [-0.05, 0) is 31.6 Å². The first-order chi connectivity index (χ1) is 23.4. The van der Waals surface area contributed by atoms with Crippen molar-refractivity contribution >= 4 is 35.0 Å². The second kappa shape index (κ2) is 14.7. The number of rotatable bonds is 2. The SMILES string of the molecule is CO[C@H]1/C=C/O[C@@]2(C)Oc3c(C)cc4c(c3C2=O)C(=O)C(=O)C(=C4O)NC(=O)/C(C)=C\C=C\[C@H](C)[C@H](O)[C@@H](C)[C@@H](O)[C@@H](C)[C@H](OC(C)=O)[C@@H]1C. The Morgan fingerprint density at radius 2 is 1.60 bits per heavy atom. The minimum Gasteiger partial charge on any atom is -0.505 e. The van der Waals surface area contributed by atoms with Crippen molar-refractivity contribution in [3.05, 3.63) is 70.2 Å². The number of carbonyl (C=O) groups excluding carboxylic acids is 5. The Balaban J connectivity index is 1.85. The summed E-state index contributed by atoms with van der Waals surface area (Å²) >= 11 is 0. The molecule has 9 atom stereocenters. The van der Waals surface area contributed by atoms with Crippen LogP contribution >= 0.6 is 0 Å². The molecule has 3 heterocycles. The standard InChI is InChI=1S/C37H45NO12/c1-16-11-10-12-17(2)36(46)38-27-30(42)23-15-18(3)33-26(25(23)31(43)32(27)44)35(45)37(8,50-33)48-14-13-24(47-9)19(4)34(49-22(7)39)21(6)29(41)20(5)28(16)40/h10-16,19-21,24,28-29,34,40-42H,1-9H3,(H,38,46)/b11-10+,14-13+,17-12-/t16-,19+,20+,21+,24-,28-,29+,34+,37-/m0/s1. The molecule has 0 aromatic heterocycles. The van der Waals surface area contributed by atoms with Gasteiger partial charge in [0, 0.05) is 55.8 Å². The van der Waals surface area contributed by atoms with E-state index in [4.69, 9.17) is 18.9 Å². The van der Waals surface area contributed by atoms with Crippen LogP contribution in [0.4, 0.5) is 0 Å². The Labute approximate surface area is 290 Å². The molecule has 3 aliphatic heterocycles. The topological polar surface area (TPSA) is 195 Å². The number of aliphatic hydroxyl groups is 3. The smallest absolute Gasteiger partial charge is 0.312 e. The third-order valence-electron chi connectivity index (χ3n) is 9.76. The van der Waals surface area contributed by atoms with Gasteiger partial charge in [0.15, 0.2) is 5.76 Å². The lowest BCUT2D eigenvalue weighted by Crippen LogP contribution is -2.46. The highest BCUT2D eigenvalue weighted by molar-refractivity contribution is 6.53. The minimum absolute atomic E-state index is 0.0119. The van der Waals surface area contributed by atoms with E-state index in [1.165, 1.54) is 58.4 Å². The summed E-state index contributed by atoms with van der Waals surface area (Å²) in [6, 6.07) is 1.38. The van der Waals surface area contributed by atoms with Gasteiger partial charge in [0.25, 0.3) is 17.5 Å². The molecule has 0 unspecified atom stereocenters. The number of hydrogen-bond donors (Lipinski definition) is 4. The first-order valence-electron chi connectivity index (χ1n) is 16.4. The number of ketones is 3. The zero-order chi connectivity index (χ0) is 37.4. The number of esters is 1. The van der Waals surface area contributed by atoms with Gasteiger partial charge in [0.2, 0.25) is 5.78 Å². The summed E-state index contributed by atoms with van der Waals surface area (Å²) < 4.78 is 23.1. The van der Waals surface area contributed by atoms with E-state index in [1.807, 2.05) is 0 Å². The van der Waals surface area contributed by atoms with E-state index >= 15 is 0 Å². The summed E-state index contributed by atoms with van der Waals surface area (Å²) in [5.41, 5.74) is -0.947. The maximum absolute atomic E-state index is 13.9. The minimum atomic E-state index is -2.00. The number of aliphatic hydroxyl groups excluding tert-OH is 3. The second-order valence-electron chi connectivity index (χ2n) is 13.4. The quantitative estimate of drug-likeness (QED) is 0.260. The van der Waals surface area contributed by atoms with Gasteiger partial charge in [0.1, 0.15) is 17.6 Å². The molecule has 270 valence electrons. The monoisotopic (exact) mass is 695 g/mol. The molecule has 4 aliphatic rings. The molecule has 1 amide bonds. The highest BCUT2D eigenvalue weighted by Crippen LogP contribution is 2.45. The molecule has 0 saturated carbocycles. The van der Waals surface area contributed by atoms with E-state index in [-0.39, 0.29) is 28.0 Å². The van der Waals surface area contributed by atoms with Crippen LogP contribution in [0.2, 0.25) is 0 Å². The summed E-state index contributed by atoms with van der Waals surface area (Å²) in [4.78, 5) is 65.9. The number of nitrogens with one attached hydrogen (secondary N) is 1. The van der Waals surface area contributed by atoms with Gasteiger partial charge in [-0.25, -0.2) is 0 Å². The van der Waals surface area contributed by atoms with E-state index in [2.05, 4.69) is 5.32 Å². The number of aryl methyl sites for hydroxylation is 1. The van der Waals surface area contributed by atoms with Crippen LogP contribution in [-0.2, 0) is 28.6 Å². The predicted octanol–water partition coefficient (Wildman–Crippen LogP) is 3.65. The molecular weight excluding hydrogens is 650 g/mol. The van der Waals surface area contributed by atoms with Crippen LogP contribution < -0.4 is 10.1 Å². The molecule has 13 nitrogen and oxygen atoms in total. The lowest BCUT2D eigenvalue weighted by Gasteiger charge is -2.38. The first kappa shape index (κ1) is 38.2. The molecule has 0 saturated heterocycles. The zero-order valence-electron chi connectivity index (χ0n) is 29.6. The summed E-state index contributed by atoms with van der Waals surface area (Å²) in [7, 11) is 1.42. The molecular formula is C37H45NO12. The third-order valence-corrected chi connectivity index (χ3v) is 9.76. The third kappa shape index (κ3) is 7.03. The van der Waals surface area contributed by atoms with Gasteiger partial charge >= 0.3 is 11.8 Å². The van der Waals surface area contributed by atoms with Crippen molar-refractivity contribution in [3.8, 4) is 5.75 Å². The number of fused-ring (bicyclic) bond motifs is 14. The maximum atomic E-state index is 13.9. The molecule has 1 aromatic carbocycles. The number of amides is 1. The number of methoxy groups -OCH3 is 1. The highest BCUT2D eigenvalue weighted by atomic mass is 16.7. The maximum Gasteiger partial charge on any atom is 0.312 e. The molecule has 0 spiro atoms. The van der Waals surface area contributed by atoms with E-state index in [0.717, 1.165) is 0 Å². The van der Waals surface area contributed by atoms with Crippen molar-refractivity contribution in [1.82, 2.24) is 5.32 Å². The number of ether oxygens (including phenoxy) is 4. The van der Waals surface area contributed by atoms with Crippen LogP contribution in [0, 0.1) is 30.6 Å². The van der Waals surface area contributed by atoms with Crippen molar-refractivity contribution in [3.63, 3.8) is 0 Å². The van der Waals surface area contributed by atoms with Crippen LogP contribution in [-0.4, -0.2) is 81.9 Å². The highest BCUT2D eigenvalue weighted by Gasteiger charge is 2.51. The van der Waals surface area contributed by atoms with Gasteiger partial charge < -0.3 is 39.6 Å². The van der Waals surface area contributed by atoms with E-state index in [1.54, 1.807) is 40.7 Å².